The smallest absolute Gasteiger partial charge is 0.240 e. The molecule has 0 spiro atoms. The Morgan fingerprint density at radius 2 is 2.31 bits per heavy atom. The topological polar surface area (TPSA) is 73.1 Å². The predicted molar refractivity (Wildman–Crippen MR) is 60.4 cm³/mol. The van der Waals surface area contributed by atoms with Gasteiger partial charge in [-0.1, -0.05) is 13.8 Å². The first kappa shape index (κ1) is 13.0. The molecular weight excluding hydrogens is 204 g/mol. The van der Waals surface area contributed by atoms with Gasteiger partial charge in [0, 0.05) is 12.6 Å². The van der Waals surface area contributed by atoms with Gasteiger partial charge in [-0.2, -0.15) is 5.26 Å². The highest BCUT2D eigenvalue weighted by Crippen LogP contribution is 2.45. The Kier molecular flexibility index (Phi) is 4.31. The monoisotopic (exact) mass is 224 g/mol. The van der Waals surface area contributed by atoms with Crippen molar-refractivity contribution in [3.63, 3.8) is 0 Å². The lowest BCUT2D eigenvalue weighted by molar-refractivity contribution is -0.134. The summed E-state index contributed by atoms with van der Waals surface area (Å²) in [6, 6.07) is 2.13. The van der Waals surface area contributed by atoms with Gasteiger partial charge in [0.05, 0.1) is 6.07 Å². The number of nitriles is 1. The highest BCUT2D eigenvalue weighted by molar-refractivity contribution is 5.86. The minimum absolute atomic E-state index is 0.0152. The Morgan fingerprint density at radius 3 is 2.69 bits per heavy atom. The van der Waals surface area contributed by atoms with Crippen LogP contribution in [0.1, 0.15) is 39.5 Å². The van der Waals surface area contributed by atoms with Crippen LogP contribution in [0, 0.1) is 22.7 Å². The molecule has 1 rings (SSSR count). The molecule has 1 unspecified atom stereocenters. The van der Waals surface area contributed by atoms with Crippen molar-refractivity contribution in [2.24, 2.45) is 11.3 Å². The predicted octanol–water partition coefficient (Wildman–Crippen LogP) is 1.20. The number of hydrogen-bond acceptors (Lipinski definition) is 3. The van der Waals surface area contributed by atoms with E-state index >= 15 is 0 Å². The van der Waals surface area contributed by atoms with Crippen molar-refractivity contribution in [3.05, 3.63) is 0 Å². The third kappa shape index (κ3) is 2.53. The van der Waals surface area contributed by atoms with Gasteiger partial charge in [-0.05, 0) is 31.6 Å². The van der Waals surface area contributed by atoms with E-state index in [1.54, 1.807) is 0 Å². The van der Waals surface area contributed by atoms with Crippen LogP contribution in [0.15, 0.2) is 0 Å². The maximum Gasteiger partial charge on any atom is 0.240 e. The van der Waals surface area contributed by atoms with Crippen LogP contribution in [0.3, 0.4) is 0 Å². The molecule has 0 radical (unpaired) electrons. The number of hydrogen-bond donors (Lipinski definition) is 2. The lowest BCUT2D eigenvalue weighted by Gasteiger charge is -2.40. The molecule has 0 aromatic heterocycles. The van der Waals surface area contributed by atoms with Crippen molar-refractivity contribution >= 4 is 5.91 Å². The molecule has 1 fully saturated rings. The molecule has 4 nitrogen and oxygen atoms in total. The van der Waals surface area contributed by atoms with Crippen molar-refractivity contribution < 1.29 is 9.90 Å². The molecular formula is C12H20N2O2. The number of nitrogens with one attached hydrogen (secondary N) is 1. The molecule has 4 heteroatoms. The third-order valence-electron chi connectivity index (χ3n) is 3.35. The number of aliphatic hydroxyl groups is 1. The summed E-state index contributed by atoms with van der Waals surface area (Å²) >= 11 is 0. The van der Waals surface area contributed by atoms with E-state index in [0.717, 1.165) is 6.42 Å². The van der Waals surface area contributed by atoms with E-state index in [1.807, 2.05) is 13.8 Å². The lowest BCUT2D eigenvalue weighted by Crippen LogP contribution is -2.51. The highest BCUT2D eigenvalue weighted by Gasteiger charge is 2.49. The van der Waals surface area contributed by atoms with Crippen molar-refractivity contribution in [3.8, 4) is 6.07 Å². The summed E-state index contributed by atoms with van der Waals surface area (Å²) in [5.74, 6) is 0.303. The number of carbonyl (C=O) groups is 1. The Morgan fingerprint density at radius 1 is 1.69 bits per heavy atom. The molecule has 1 aliphatic carbocycles. The molecule has 0 aromatic rings. The molecule has 0 bridgehead atoms. The number of aliphatic hydroxyl groups excluding tert-OH is 1. The summed E-state index contributed by atoms with van der Waals surface area (Å²) in [6.07, 6.45) is 2.65. The second-order valence-electron chi connectivity index (χ2n) is 4.80. The average molecular weight is 224 g/mol. The van der Waals surface area contributed by atoms with E-state index in [0.29, 0.717) is 25.2 Å². The summed E-state index contributed by atoms with van der Waals surface area (Å²) in [6.45, 7) is 4.08. The van der Waals surface area contributed by atoms with Gasteiger partial charge in [0.25, 0.3) is 0 Å². The maximum atomic E-state index is 12.0. The van der Waals surface area contributed by atoms with Gasteiger partial charge < -0.3 is 10.4 Å². The van der Waals surface area contributed by atoms with Gasteiger partial charge in [0.1, 0.15) is 5.41 Å². The Balaban J connectivity index is 2.54. The molecule has 0 heterocycles. The van der Waals surface area contributed by atoms with Crippen LogP contribution in [0.25, 0.3) is 0 Å². The van der Waals surface area contributed by atoms with E-state index in [9.17, 15) is 4.79 Å². The zero-order chi connectivity index (χ0) is 12.2. The second-order valence-corrected chi connectivity index (χ2v) is 4.80. The fourth-order valence-electron chi connectivity index (χ4n) is 2.32. The molecule has 1 saturated carbocycles. The summed E-state index contributed by atoms with van der Waals surface area (Å²) < 4.78 is 0. The maximum absolute atomic E-state index is 12.0. The van der Waals surface area contributed by atoms with Gasteiger partial charge in [0.15, 0.2) is 0 Å². The summed E-state index contributed by atoms with van der Waals surface area (Å²) in [5.41, 5.74) is -0.803. The number of carbonyl (C=O) groups excluding carboxylic acids is 1. The summed E-state index contributed by atoms with van der Waals surface area (Å²) in [7, 11) is 0. The van der Waals surface area contributed by atoms with Crippen molar-refractivity contribution in [2.75, 3.05) is 6.61 Å². The normalized spacial score (nSPS) is 30.0. The van der Waals surface area contributed by atoms with Gasteiger partial charge in [-0.3, -0.25) is 4.79 Å². The highest BCUT2D eigenvalue weighted by atomic mass is 16.3. The fraction of sp³-hybridized carbons (Fsp3) is 0.833. The Labute approximate surface area is 96.6 Å². The zero-order valence-electron chi connectivity index (χ0n) is 9.99. The fourth-order valence-corrected chi connectivity index (χ4v) is 2.32. The van der Waals surface area contributed by atoms with Crippen molar-refractivity contribution in [1.29, 1.82) is 5.26 Å². The molecule has 1 aliphatic rings. The van der Waals surface area contributed by atoms with Crippen LogP contribution >= 0.6 is 0 Å². The van der Waals surface area contributed by atoms with Crippen LogP contribution in [-0.4, -0.2) is 23.7 Å². The first-order valence-electron chi connectivity index (χ1n) is 5.91. The largest absolute Gasteiger partial charge is 0.396 e. The summed E-state index contributed by atoms with van der Waals surface area (Å²) in [5, 5.41) is 20.8. The molecule has 0 aromatic carbocycles. The van der Waals surface area contributed by atoms with E-state index < -0.39 is 5.41 Å². The van der Waals surface area contributed by atoms with E-state index in [1.165, 1.54) is 0 Å². The molecule has 0 saturated heterocycles. The quantitative estimate of drug-likeness (QED) is 0.737. The standard InChI is InChI=1S/C12H20N2O2/c1-3-10(4-5-15)14-11(16)12(8-13)6-9(2)7-12/h9-10,15H,3-7H2,1-2H3,(H,14,16). The number of amides is 1. The van der Waals surface area contributed by atoms with Crippen LogP contribution in [0.5, 0.6) is 0 Å². The Hall–Kier alpha value is -1.08. The zero-order valence-corrected chi connectivity index (χ0v) is 9.99. The van der Waals surface area contributed by atoms with Gasteiger partial charge in [-0.15, -0.1) is 0 Å². The van der Waals surface area contributed by atoms with Gasteiger partial charge >= 0.3 is 0 Å². The lowest BCUT2D eigenvalue weighted by atomic mass is 9.63. The summed E-state index contributed by atoms with van der Waals surface area (Å²) in [4.78, 5) is 12.0. The molecule has 1 atom stereocenters. The van der Waals surface area contributed by atoms with Crippen LogP contribution in [0.4, 0.5) is 0 Å². The van der Waals surface area contributed by atoms with Gasteiger partial charge in [-0.25, -0.2) is 0 Å². The first-order valence-corrected chi connectivity index (χ1v) is 5.91. The van der Waals surface area contributed by atoms with E-state index in [2.05, 4.69) is 11.4 Å². The average Bonchev–Trinajstić information content (AvgIpc) is 2.23. The van der Waals surface area contributed by atoms with Crippen LogP contribution in [0.2, 0.25) is 0 Å². The van der Waals surface area contributed by atoms with Gasteiger partial charge in [0.2, 0.25) is 5.91 Å². The van der Waals surface area contributed by atoms with Crippen molar-refractivity contribution in [1.82, 2.24) is 5.32 Å². The number of nitrogens with zero attached hydrogens (tertiary/aromatic N) is 1. The molecule has 0 aliphatic heterocycles. The third-order valence-corrected chi connectivity index (χ3v) is 3.35. The Bertz CT molecular complexity index is 290. The first-order chi connectivity index (χ1) is 7.57. The molecule has 1 amide bonds. The molecule has 2 N–H and O–H groups in total. The molecule has 90 valence electrons. The van der Waals surface area contributed by atoms with Crippen LogP contribution < -0.4 is 5.32 Å². The van der Waals surface area contributed by atoms with E-state index in [4.69, 9.17) is 10.4 Å². The van der Waals surface area contributed by atoms with Crippen LogP contribution in [-0.2, 0) is 4.79 Å². The molecule has 16 heavy (non-hydrogen) atoms. The van der Waals surface area contributed by atoms with E-state index in [-0.39, 0.29) is 18.6 Å². The SMILES string of the molecule is CCC(CCO)NC(=O)C1(C#N)CC(C)C1. The minimum atomic E-state index is -0.803. The van der Waals surface area contributed by atoms with Crippen molar-refractivity contribution in [2.45, 2.75) is 45.6 Å². The minimum Gasteiger partial charge on any atom is -0.396 e. The number of rotatable bonds is 5. The second kappa shape index (κ2) is 5.31.